The van der Waals surface area contributed by atoms with E-state index in [1.54, 1.807) is 19.1 Å². The summed E-state index contributed by atoms with van der Waals surface area (Å²) < 4.78 is 5.51. The van der Waals surface area contributed by atoms with Crippen molar-refractivity contribution in [2.45, 2.75) is 6.92 Å². The van der Waals surface area contributed by atoms with Crippen LogP contribution in [0, 0.1) is 0 Å². The zero-order valence-corrected chi connectivity index (χ0v) is 11.9. The predicted octanol–water partition coefficient (Wildman–Crippen LogP) is 3.63. The second-order valence-corrected chi connectivity index (χ2v) is 4.67. The van der Waals surface area contributed by atoms with Gasteiger partial charge in [0.25, 0.3) is 0 Å². The Morgan fingerprint density at radius 2 is 2.29 bits per heavy atom. The molecule has 0 aliphatic heterocycles. The number of hydrogen-bond acceptors (Lipinski definition) is 3. The Hall–Kier alpha value is -1.000. The summed E-state index contributed by atoms with van der Waals surface area (Å²) in [6.07, 6.45) is 1.76. The Kier molecular flexibility index (Phi) is 5.51. The van der Waals surface area contributed by atoms with Crippen molar-refractivity contribution in [3.05, 3.63) is 39.3 Å². The van der Waals surface area contributed by atoms with Crippen molar-refractivity contribution in [2.75, 3.05) is 19.0 Å². The number of ether oxygens (including phenoxy) is 1. The minimum absolute atomic E-state index is 0.322. The lowest BCUT2D eigenvalue weighted by Gasteiger charge is -2.07. The number of benzene rings is 1. The van der Waals surface area contributed by atoms with Gasteiger partial charge >= 0.3 is 5.97 Å². The molecule has 1 N–H and O–H groups in total. The molecule has 0 spiro atoms. The number of hydrogen-bond donors (Lipinski definition) is 1. The lowest BCUT2D eigenvalue weighted by Crippen LogP contribution is -2.05. The summed E-state index contributed by atoms with van der Waals surface area (Å²) in [7, 11) is 1.36. The van der Waals surface area contributed by atoms with Gasteiger partial charge in [0.1, 0.15) is 0 Å². The van der Waals surface area contributed by atoms with Crippen LogP contribution < -0.4 is 5.32 Å². The van der Waals surface area contributed by atoms with E-state index in [1.165, 1.54) is 7.11 Å². The van der Waals surface area contributed by atoms with Crippen LogP contribution in [-0.4, -0.2) is 19.6 Å². The van der Waals surface area contributed by atoms with Gasteiger partial charge in [-0.25, -0.2) is 4.79 Å². The Balaban J connectivity index is 2.62. The summed E-state index contributed by atoms with van der Waals surface area (Å²) in [5, 5.41) is 3.80. The molecule has 0 bridgehead atoms. The molecule has 0 atom stereocenters. The maximum absolute atomic E-state index is 11.1. The van der Waals surface area contributed by atoms with Crippen molar-refractivity contribution in [1.29, 1.82) is 0 Å². The molecule has 1 rings (SSSR count). The fourth-order valence-electron chi connectivity index (χ4n) is 1.19. The molecule has 0 saturated carbocycles. The summed E-state index contributed by atoms with van der Waals surface area (Å²) in [4.78, 5) is 11.1. The van der Waals surface area contributed by atoms with Crippen LogP contribution in [0.3, 0.4) is 0 Å². The molecule has 3 nitrogen and oxygen atoms in total. The molecule has 0 aliphatic carbocycles. The van der Waals surface area contributed by atoms with E-state index in [0.717, 1.165) is 10.2 Å². The number of esters is 1. The van der Waals surface area contributed by atoms with Gasteiger partial charge < -0.3 is 10.1 Å². The first kappa shape index (κ1) is 14.1. The van der Waals surface area contributed by atoms with Crippen molar-refractivity contribution in [2.24, 2.45) is 0 Å². The second kappa shape index (κ2) is 6.67. The van der Waals surface area contributed by atoms with E-state index >= 15 is 0 Å². The average molecular weight is 319 g/mol. The maximum atomic E-state index is 11.1. The normalized spacial score (nSPS) is 11.2. The smallest absolute Gasteiger partial charge is 0.333 e. The summed E-state index contributed by atoms with van der Waals surface area (Å²) in [6.45, 7) is 2.24. The monoisotopic (exact) mass is 317 g/mol. The molecule has 0 fully saturated rings. The van der Waals surface area contributed by atoms with Crippen LogP contribution >= 0.6 is 27.5 Å². The van der Waals surface area contributed by atoms with Gasteiger partial charge in [0.2, 0.25) is 0 Å². The molecule has 17 heavy (non-hydrogen) atoms. The molecule has 1 aromatic rings. The van der Waals surface area contributed by atoms with Crippen LogP contribution in [0.2, 0.25) is 5.02 Å². The highest BCUT2D eigenvalue weighted by Gasteiger charge is 2.02. The van der Waals surface area contributed by atoms with E-state index in [-0.39, 0.29) is 5.97 Å². The highest BCUT2D eigenvalue weighted by Crippen LogP contribution is 2.25. The van der Waals surface area contributed by atoms with Crippen molar-refractivity contribution < 1.29 is 9.53 Å². The minimum Gasteiger partial charge on any atom is -0.466 e. The largest absolute Gasteiger partial charge is 0.466 e. The van der Waals surface area contributed by atoms with Crippen LogP contribution in [0.1, 0.15) is 6.92 Å². The lowest BCUT2D eigenvalue weighted by molar-refractivity contribution is -0.136. The summed E-state index contributed by atoms with van der Waals surface area (Å²) >= 11 is 9.29. The SMILES string of the molecule is COC(=O)/C(C)=C/CNc1cc(Cl)ccc1Br. The van der Waals surface area contributed by atoms with Crippen LogP contribution in [0.5, 0.6) is 0 Å². The van der Waals surface area contributed by atoms with E-state index in [2.05, 4.69) is 26.0 Å². The van der Waals surface area contributed by atoms with Crippen molar-refractivity contribution in [1.82, 2.24) is 0 Å². The van der Waals surface area contributed by atoms with Gasteiger partial charge in [0.05, 0.1) is 12.8 Å². The Labute approximate surface area is 114 Å². The molecule has 0 amide bonds. The van der Waals surface area contributed by atoms with Gasteiger partial charge in [-0.2, -0.15) is 0 Å². The molecular weight excluding hydrogens is 305 g/mol. The Bertz CT molecular complexity index is 446. The van der Waals surface area contributed by atoms with E-state index < -0.39 is 0 Å². The quantitative estimate of drug-likeness (QED) is 0.680. The number of nitrogens with one attached hydrogen (secondary N) is 1. The highest BCUT2D eigenvalue weighted by molar-refractivity contribution is 9.10. The molecule has 0 aliphatic rings. The first-order valence-corrected chi connectivity index (χ1v) is 6.15. The fourth-order valence-corrected chi connectivity index (χ4v) is 1.75. The van der Waals surface area contributed by atoms with E-state index in [4.69, 9.17) is 11.6 Å². The molecule has 0 unspecified atom stereocenters. The first-order chi connectivity index (χ1) is 8.04. The maximum Gasteiger partial charge on any atom is 0.333 e. The van der Waals surface area contributed by atoms with Crippen LogP contribution in [0.4, 0.5) is 5.69 Å². The third-order valence-electron chi connectivity index (χ3n) is 2.14. The lowest BCUT2D eigenvalue weighted by atomic mass is 10.2. The first-order valence-electron chi connectivity index (χ1n) is 4.98. The fraction of sp³-hybridized carbons (Fsp3) is 0.250. The van der Waals surface area contributed by atoms with Gasteiger partial charge in [0.15, 0.2) is 0 Å². The predicted molar refractivity (Wildman–Crippen MR) is 73.4 cm³/mol. The standard InChI is InChI=1S/C12H13BrClNO2/c1-8(12(16)17-2)5-6-15-11-7-9(14)3-4-10(11)13/h3-5,7,15H,6H2,1-2H3/b8-5+. The number of carbonyl (C=O) groups is 1. The van der Waals surface area contributed by atoms with Gasteiger partial charge in [-0.05, 0) is 41.1 Å². The highest BCUT2D eigenvalue weighted by atomic mass is 79.9. The van der Waals surface area contributed by atoms with Crippen molar-refractivity contribution >= 4 is 39.2 Å². The van der Waals surface area contributed by atoms with Crippen LogP contribution in [0.25, 0.3) is 0 Å². The third-order valence-corrected chi connectivity index (χ3v) is 3.06. The number of halogens is 2. The Morgan fingerprint density at radius 1 is 1.59 bits per heavy atom. The van der Waals surface area contributed by atoms with Crippen LogP contribution in [0.15, 0.2) is 34.3 Å². The van der Waals surface area contributed by atoms with Gasteiger partial charge in [-0.3, -0.25) is 0 Å². The average Bonchev–Trinajstić information content (AvgIpc) is 2.32. The van der Waals surface area contributed by atoms with E-state index in [1.807, 2.05) is 12.1 Å². The van der Waals surface area contributed by atoms with Crippen molar-refractivity contribution in [3.8, 4) is 0 Å². The number of methoxy groups -OCH3 is 1. The summed E-state index contributed by atoms with van der Waals surface area (Å²) in [6, 6.07) is 5.47. The topological polar surface area (TPSA) is 38.3 Å². The minimum atomic E-state index is -0.322. The molecule has 0 radical (unpaired) electrons. The molecule has 1 aromatic carbocycles. The Morgan fingerprint density at radius 3 is 2.94 bits per heavy atom. The van der Waals surface area contributed by atoms with Crippen molar-refractivity contribution in [3.63, 3.8) is 0 Å². The molecule has 0 saturated heterocycles. The molecule has 0 aromatic heterocycles. The van der Waals surface area contributed by atoms with Gasteiger partial charge in [-0.1, -0.05) is 17.7 Å². The van der Waals surface area contributed by atoms with Gasteiger partial charge in [-0.15, -0.1) is 0 Å². The van der Waals surface area contributed by atoms with E-state index in [9.17, 15) is 4.79 Å². The molecule has 92 valence electrons. The zero-order chi connectivity index (χ0) is 12.8. The van der Waals surface area contributed by atoms with Crippen LogP contribution in [-0.2, 0) is 9.53 Å². The molecule has 5 heteroatoms. The number of anilines is 1. The number of carbonyl (C=O) groups excluding carboxylic acids is 1. The number of rotatable bonds is 4. The third kappa shape index (κ3) is 4.40. The second-order valence-electron chi connectivity index (χ2n) is 3.38. The summed E-state index contributed by atoms with van der Waals surface area (Å²) in [5.41, 5.74) is 1.45. The van der Waals surface area contributed by atoms with Gasteiger partial charge in [0, 0.05) is 21.6 Å². The molecular formula is C12H13BrClNO2. The molecule has 0 heterocycles. The summed E-state index contributed by atoms with van der Waals surface area (Å²) in [5.74, 6) is -0.322. The van der Waals surface area contributed by atoms with E-state index in [0.29, 0.717) is 17.1 Å². The zero-order valence-electron chi connectivity index (χ0n) is 9.59.